The number of para-hydroxylation sites is 1. The van der Waals surface area contributed by atoms with Crippen LogP contribution in [0.5, 0.6) is 5.75 Å². The zero-order valence-corrected chi connectivity index (χ0v) is 18.9. The molecular weight excluding hydrogens is 388 g/mol. The summed E-state index contributed by atoms with van der Waals surface area (Å²) >= 11 is 0. The molecule has 0 spiro atoms. The van der Waals surface area contributed by atoms with Gasteiger partial charge >= 0.3 is 0 Å². The van der Waals surface area contributed by atoms with Crippen LogP contribution >= 0.6 is 0 Å². The van der Waals surface area contributed by atoms with E-state index in [0.29, 0.717) is 12.5 Å². The molecule has 168 valence electrons. The summed E-state index contributed by atoms with van der Waals surface area (Å²) in [5.74, 6) is 2.13. The van der Waals surface area contributed by atoms with E-state index in [1.165, 1.54) is 5.69 Å². The Morgan fingerprint density at radius 3 is 2.55 bits per heavy atom. The molecule has 1 saturated heterocycles. The number of guanidine groups is 1. The molecule has 1 heterocycles. The number of hydrogen-bond acceptors (Lipinski definition) is 4. The van der Waals surface area contributed by atoms with Gasteiger partial charge in [-0.2, -0.15) is 0 Å². The number of ether oxygens (including phenoxy) is 1. The Morgan fingerprint density at radius 1 is 1.13 bits per heavy atom. The number of aliphatic hydroxyl groups is 1. The molecule has 0 aliphatic carbocycles. The third-order valence-corrected chi connectivity index (χ3v) is 5.37. The molecule has 1 aliphatic heterocycles. The molecule has 2 atom stereocenters. The van der Waals surface area contributed by atoms with E-state index < -0.39 is 6.10 Å². The number of nitrogens with zero attached hydrogens (tertiary/aromatic N) is 2. The normalized spacial score (nSPS) is 17.6. The first kappa shape index (κ1) is 22.9. The summed E-state index contributed by atoms with van der Waals surface area (Å²) in [7, 11) is 0. The fraction of sp³-hybridized carbons (Fsp3) is 0.480. The molecule has 1 fully saturated rings. The zero-order chi connectivity index (χ0) is 22.1. The molecule has 6 nitrogen and oxygen atoms in total. The van der Waals surface area contributed by atoms with E-state index in [0.717, 1.165) is 49.9 Å². The van der Waals surface area contributed by atoms with Crippen molar-refractivity contribution in [3.63, 3.8) is 0 Å². The first-order chi connectivity index (χ1) is 15.0. The highest BCUT2D eigenvalue weighted by atomic mass is 16.5. The lowest BCUT2D eigenvalue weighted by atomic mass is 10.1. The largest absolute Gasteiger partial charge is 0.491 e. The van der Waals surface area contributed by atoms with Crippen molar-refractivity contribution in [3.05, 3.63) is 60.2 Å². The van der Waals surface area contributed by atoms with Crippen LogP contribution in [0.4, 0.5) is 5.69 Å². The number of anilines is 1. The minimum absolute atomic E-state index is 0.133. The lowest BCUT2D eigenvalue weighted by molar-refractivity contribution is 0.186. The van der Waals surface area contributed by atoms with Crippen molar-refractivity contribution in [2.75, 3.05) is 37.6 Å². The summed E-state index contributed by atoms with van der Waals surface area (Å²) in [6.07, 6.45) is 0.645. The van der Waals surface area contributed by atoms with E-state index in [9.17, 15) is 5.11 Å². The highest BCUT2D eigenvalue weighted by molar-refractivity contribution is 5.79. The maximum absolute atomic E-state index is 10.5. The molecule has 0 radical (unpaired) electrons. The van der Waals surface area contributed by atoms with Gasteiger partial charge in [0.05, 0.1) is 18.8 Å². The summed E-state index contributed by atoms with van der Waals surface area (Å²) in [5.41, 5.74) is 2.13. The van der Waals surface area contributed by atoms with Crippen molar-refractivity contribution in [2.45, 2.75) is 39.4 Å². The van der Waals surface area contributed by atoms with Gasteiger partial charge in [0.25, 0.3) is 0 Å². The van der Waals surface area contributed by atoms with Gasteiger partial charge < -0.3 is 25.4 Å². The Labute approximate surface area is 186 Å². The number of nitrogens with one attached hydrogen (secondary N) is 2. The Balaban J connectivity index is 1.49. The predicted molar refractivity (Wildman–Crippen MR) is 128 cm³/mol. The van der Waals surface area contributed by atoms with Gasteiger partial charge in [-0.05, 0) is 62.9 Å². The van der Waals surface area contributed by atoms with Crippen molar-refractivity contribution in [1.29, 1.82) is 0 Å². The van der Waals surface area contributed by atoms with Crippen LogP contribution in [0.25, 0.3) is 0 Å². The number of aliphatic imine (C=N–C) groups is 1. The highest BCUT2D eigenvalue weighted by Crippen LogP contribution is 2.23. The maximum Gasteiger partial charge on any atom is 0.191 e. The van der Waals surface area contributed by atoms with E-state index in [2.05, 4.69) is 50.9 Å². The molecule has 2 aromatic carbocycles. The van der Waals surface area contributed by atoms with E-state index in [1.807, 2.05) is 45.0 Å². The molecule has 6 heteroatoms. The molecule has 2 unspecified atom stereocenters. The van der Waals surface area contributed by atoms with Crippen molar-refractivity contribution >= 4 is 11.6 Å². The third kappa shape index (κ3) is 7.17. The smallest absolute Gasteiger partial charge is 0.191 e. The van der Waals surface area contributed by atoms with E-state index >= 15 is 0 Å². The lowest BCUT2D eigenvalue weighted by Crippen LogP contribution is -2.40. The van der Waals surface area contributed by atoms with Crippen LogP contribution in [0.3, 0.4) is 0 Å². The van der Waals surface area contributed by atoms with Gasteiger partial charge in [-0.3, -0.25) is 4.99 Å². The second kappa shape index (κ2) is 11.6. The summed E-state index contributed by atoms with van der Waals surface area (Å²) in [5, 5.41) is 17.3. The minimum atomic E-state index is -0.649. The van der Waals surface area contributed by atoms with Gasteiger partial charge in [0.15, 0.2) is 5.96 Å². The number of benzene rings is 2. The summed E-state index contributed by atoms with van der Waals surface area (Å²) in [6.45, 7) is 10.1. The maximum atomic E-state index is 10.5. The van der Waals surface area contributed by atoms with Crippen LogP contribution in [0, 0.1) is 5.92 Å². The second-order valence-corrected chi connectivity index (χ2v) is 8.29. The van der Waals surface area contributed by atoms with Crippen LogP contribution in [0.2, 0.25) is 0 Å². The van der Waals surface area contributed by atoms with E-state index in [1.54, 1.807) is 0 Å². The third-order valence-electron chi connectivity index (χ3n) is 5.37. The zero-order valence-electron chi connectivity index (χ0n) is 18.9. The van der Waals surface area contributed by atoms with Gasteiger partial charge in [-0.25, -0.2) is 0 Å². The topological polar surface area (TPSA) is 69.1 Å². The van der Waals surface area contributed by atoms with Gasteiger partial charge in [0.2, 0.25) is 0 Å². The average Bonchev–Trinajstić information content (AvgIpc) is 3.25. The molecule has 0 bridgehead atoms. The Hall–Kier alpha value is -2.73. The van der Waals surface area contributed by atoms with Crippen LogP contribution in [0.15, 0.2) is 59.6 Å². The second-order valence-electron chi connectivity index (χ2n) is 8.29. The number of rotatable bonds is 9. The van der Waals surface area contributed by atoms with Crippen molar-refractivity contribution in [3.8, 4) is 5.75 Å². The minimum Gasteiger partial charge on any atom is -0.491 e. The molecular formula is C25H36N4O2. The molecule has 3 N–H and O–H groups in total. The molecule has 31 heavy (non-hydrogen) atoms. The Bertz CT molecular complexity index is 808. The van der Waals surface area contributed by atoms with Crippen LogP contribution in [0.1, 0.15) is 38.9 Å². The van der Waals surface area contributed by atoms with Crippen molar-refractivity contribution in [1.82, 2.24) is 10.6 Å². The quantitative estimate of drug-likeness (QED) is 0.424. The van der Waals surface area contributed by atoms with Crippen LogP contribution < -0.4 is 20.3 Å². The van der Waals surface area contributed by atoms with E-state index in [-0.39, 0.29) is 6.10 Å². The highest BCUT2D eigenvalue weighted by Gasteiger charge is 2.22. The first-order valence-electron chi connectivity index (χ1n) is 11.3. The van der Waals surface area contributed by atoms with Gasteiger partial charge in [-0.15, -0.1) is 0 Å². The van der Waals surface area contributed by atoms with Gasteiger partial charge in [0.1, 0.15) is 5.75 Å². The number of hydrogen-bond donors (Lipinski definition) is 3. The molecule has 0 amide bonds. The molecule has 2 aromatic rings. The summed E-state index contributed by atoms with van der Waals surface area (Å²) in [4.78, 5) is 7.04. The van der Waals surface area contributed by atoms with Crippen LogP contribution in [-0.2, 0) is 0 Å². The SMILES string of the molecule is CCNC(=NCC(O)c1ccc(OC(C)C)cc1)NCC1CCN(c2ccccc2)C1. The fourth-order valence-corrected chi connectivity index (χ4v) is 3.78. The first-order valence-corrected chi connectivity index (χ1v) is 11.3. The van der Waals surface area contributed by atoms with Crippen molar-refractivity contribution in [2.24, 2.45) is 10.9 Å². The summed E-state index contributed by atoms with van der Waals surface area (Å²) < 4.78 is 5.66. The molecule has 0 saturated carbocycles. The van der Waals surface area contributed by atoms with Crippen molar-refractivity contribution < 1.29 is 9.84 Å². The van der Waals surface area contributed by atoms with Crippen LogP contribution in [-0.4, -0.2) is 49.9 Å². The fourth-order valence-electron chi connectivity index (χ4n) is 3.78. The van der Waals surface area contributed by atoms with Gasteiger partial charge in [0, 0.05) is 31.9 Å². The monoisotopic (exact) mass is 424 g/mol. The standard InChI is InChI=1S/C25H36N4O2/c1-4-26-25(27-16-20-14-15-29(18-20)22-8-6-5-7-9-22)28-17-24(30)21-10-12-23(13-11-21)31-19(2)3/h5-13,19-20,24,30H,4,14-18H2,1-3H3,(H2,26,27,28). The predicted octanol–water partition coefficient (Wildman–Crippen LogP) is 3.59. The molecule has 1 aliphatic rings. The average molecular weight is 425 g/mol. The molecule has 0 aromatic heterocycles. The summed E-state index contributed by atoms with van der Waals surface area (Å²) in [6, 6.07) is 18.2. The molecule has 3 rings (SSSR count). The number of aliphatic hydroxyl groups excluding tert-OH is 1. The Kier molecular flexibility index (Phi) is 8.59. The lowest BCUT2D eigenvalue weighted by Gasteiger charge is -2.19. The van der Waals surface area contributed by atoms with Gasteiger partial charge in [-0.1, -0.05) is 30.3 Å². The Morgan fingerprint density at radius 2 is 1.87 bits per heavy atom. The van der Waals surface area contributed by atoms with E-state index in [4.69, 9.17) is 4.74 Å².